The Kier molecular flexibility index (Phi) is 4.08. The molecule has 2 rings (SSSR count). The second kappa shape index (κ2) is 5.65. The van der Waals surface area contributed by atoms with Crippen LogP contribution < -0.4 is 4.90 Å². The van der Waals surface area contributed by atoms with Crippen LogP contribution in [0.2, 0.25) is 0 Å². The van der Waals surface area contributed by atoms with E-state index in [1.165, 1.54) is 12.1 Å². The molecule has 1 saturated heterocycles. The molecule has 1 fully saturated rings. The molecule has 0 saturated carbocycles. The third-order valence-corrected chi connectivity index (χ3v) is 3.34. The highest BCUT2D eigenvalue weighted by Crippen LogP contribution is 2.39. The molecular formula is C13H17N3O5. The lowest BCUT2D eigenvalue weighted by molar-refractivity contribution is -0.392. The summed E-state index contributed by atoms with van der Waals surface area (Å²) in [6, 6.07) is 2.74. The summed E-state index contributed by atoms with van der Waals surface area (Å²) >= 11 is 0. The predicted molar refractivity (Wildman–Crippen MR) is 76.7 cm³/mol. The van der Waals surface area contributed by atoms with Gasteiger partial charge in [-0.3, -0.25) is 20.2 Å². The number of nitro benzene ring substituents is 2. The molecule has 0 radical (unpaired) electrons. The Morgan fingerprint density at radius 3 is 1.90 bits per heavy atom. The molecule has 114 valence electrons. The number of hydrogen-bond acceptors (Lipinski definition) is 6. The fourth-order valence-corrected chi connectivity index (χ4v) is 2.70. The van der Waals surface area contributed by atoms with E-state index in [2.05, 4.69) is 0 Å². The Hall–Kier alpha value is -2.22. The van der Waals surface area contributed by atoms with E-state index in [-0.39, 0.29) is 29.3 Å². The van der Waals surface area contributed by atoms with Crippen molar-refractivity contribution in [2.24, 2.45) is 0 Å². The Morgan fingerprint density at radius 1 is 1.10 bits per heavy atom. The first-order valence-electron chi connectivity index (χ1n) is 6.63. The van der Waals surface area contributed by atoms with Gasteiger partial charge in [-0.1, -0.05) is 0 Å². The number of rotatable bonds is 3. The second-order valence-electron chi connectivity index (χ2n) is 5.33. The van der Waals surface area contributed by atoms with Crippen molar-refractivity contribution in [1.82, 2.24) is 0 Å². The topological polar surface area (TPSA) is 98.8 Å². The van der Waals surface area contributed by atoms with Crippen molar-refractivity contribution < 1.29 is 14.6 Å². The summed E-state index contributed by atoms with van der Waals surface area (Å²) in [5.74, 6) is 0. The van der Waals surface area contributed by atoms with Crippen LogP contribution in [0.15, 0.2) is 12.1 Å². The molecule has 8 heteroatoms. The molecule has 2 atom stereocenters. The number of benzene rings is 1. The number of ether oxygens (including phenoxy) is 1. The van der Waals surface area contributed by atoms with Gasteiger partial charge in [0.15, 0.2) is 5.69 Å². The van der Waals surface area contributed by atoms with E-state index >= 15 is 0 Å². The van der Waals surface area contributed by atoms with Gasteiger partial charge in [0.1, 0.15) is 0 Å². The third-order valence-electron chi connectivity index (χ3n) is 3.34. The summed E-state index contributed by atoms with van der Waals surface area (Å²) < 4.78 is 5.58. The molecule has 1 heterocycles. The fourth-order valence-electron chi connectivity index (χ4n) is 2.70. The molecule has 0 bridgehead atoms. The minimum absolute atomic E-state index is 0.0672. The molecule has 21 heavy (non-hydrogen) atoms. The van der Waals surface area contributed by atoms with E-state index in [9.17, 15) is 20.2 Å². The van der Waals surface area contributed by atoms with E-state index in [0.717, 1.165) is 0 Å². The molecule has 1 aromatic rings. The zero-order chi connectivity index (χ0) is 15.7. The highest BCUT2D eigenvalue weighted by molar-refractivity contribution is 5.76. The molecule has 0 aliphatic carbocycles. The SMILES string of the molecule is Cc1cc([N+](=O)[O-])c(N2C[C@H](C)O[C@@H](C)C2)c([N+](=O)[O-])c1. The zero-order valence-electron chi connectivity index (χ0n) is 12.1. The first-order valence-corrected chi connectivity index (χ1v) is 6.63. The van der Waals surface area contributed by atoms with Crippen LogP contribution in [0.25, 0.3) is 0 Å². The van der Waals surface area contributed by atoms with Crippen molar-refractivity contribution in [2.75, 3.05) is 18.0 Å². The maximum atomic E-state index is 11.3. The number of morpholine rings is 1. The van der Waals surface area contributed by atoms with Crippen molar-refractivity contribution in [3.8, 4) is 0 Å². The van der Waals surface area contributed by atoms with Gasteiger partial charge in [-0.25, -0.2) is 0 Å². The van der Waals surface area contributed by atoms with Crippen LogP contribution in [0.5, 0.6) is 0 Å². The van der Waals surface area contributed by atoms with Crippen LogP contribution in [-0.4, -0.2) is 35.1 Å². The zero-order valence-corrected chi connectivity index (χ0v) is 12.1. The Labute approximate surface area is 121 Å². The van der Waals surface area contributed by atoms with E-state index in [1.54, 1.807) is 11.8 Å². The van der Waals surface area contributed by atoms with Crippen LogP contribution in [0.1, 0.15) is 19.4 Å². The highest BCUT2D eigenvalue weighted by Gasteiger charge is 2.34. The van der Waals surface area contributed by atoms with Crippen LogP contribution >= 0.6 is 0 Å². The summed E-state index contributed by atoms with van der Waals surface area (Å²) in [5.41, 5.74) is 0.0927. The van der Waals surface area contributed by atoms with Crippen LogP contribution in [0, 0.1) is 27.2 Å². The monoisotopic (exact) mass is 295 g/mol. The molecule has 0 unspecified atom stereocenters. The van der Waals surface area contributed by atoms with E-state index in [4.69, 9.17) is 4.74 Å². The van der Waals surface area contributed by atoms with Crippen molar-refractivity contribution in [1.29, 1.82) is 0 Å². The number of aryl methyl sites for hydroxylation is 1. The maximum Gasteiger partial charge on any atom is 0.299 e. The van der Waals surface area contributed by atoms with Crippen molar-refractivity contribution in [3.05, 3.63) is 37.9 Å². The molecule has 0 aromatic heterocycles. The summed E-state index contributed by atoms with van der Waals surface area (Å²) in [4.78, 5) is 23.1. The number of hydrogen-bond donors (Lipinski definition) is 0. The van der Waals surface area contributed by atoms with Gasteiger partial charge in [0.25, 0.3) is 11.4 Å². The Balaban J connectivity index is 2.59. The van der Waals surface area contributed by atoms with Gasteiger partial charge >= 0.3 is 0 Å². The van der Waals surface area contributed by atoms with Gasteiger partial charge in [0, 0.05) is 25.2 Å². The first-order chi connectivity index (χ1) is 9.79. The Morgan fingerprint density at radius 2 is 1.52 bits per heavy atom. The standard InChI is InChI=1S/C13H17N3O5/c1-8-4-11(15(17)18)13(12(5-8)16(19)20)14-6-9(2)21-10(3)7-14/h4-5,9-10H,6-7H2,1-3H3/t9-,10-/m0/s1. The molecule has 1 aliphatic heterocycles. The number of nitrogens with zero attached hydrogens (tertiary/aromatic N) is 3. The van der Waals surface area contributed by atoms with Crippen LogP contribution in [0.4, 0.5) is 17.1 Å². The average molecular weight is 295 g/mol. The maximum absolute atomic E-state index is 11.3. The molecule has 0 spiro atoms. The van der Waals surface area contributed by atoms with Gasteiger partial charge in [-0.05, 0) is 26.3 Å². The quantitative estimate of drug-likeness (QED) is 0.627. The summed E-state index contributed by atoms with van der Waals surface area (Å²) in [7, 11) is 0. The third kappa shape index (κ3) is 3.10. The Bertz CT molecular complexity index is 544. The second-order valence-corrected chi connectivity index (χ2v) is 5.33. The summed E-state index contributed by atoms with van der Waals surface area (Å²) in [5, 5.41) is 22.6. The van der Waals surface area contributed by atoms with Crippen LogP contribution in [0.3, 0.4) is 0 Å². The van der Waals surface area contributed by atoms with Crippen molar-refractivity contribution >= 4 is 17.1 Å². The van der Waals surface area contributed by atoms with Crippen molar-refractivity contribution in [2.45, 2.75) is 33.0 Å². The molecule has 0 amide bonds. The molecular weight excluding hydrogens is 278 g/mol. The normalized spacial score (nSPS) is 22.1. The number of anilines is 1. The van der Waals surface area contributed by atoms with E-state index < -0.39 is 9.85 Å². The first kappa shape index (κ1) is 15.2. The minimum Gasteiger partial charge on any atom is -0.372 e. The van der Waals surface area contributed by atoms with Crippen molar-refractivity contribution in [3.63, 3.8) is 0 Å². The lowest BCUT2D eigenvalue weighted by Crippen LogP contribution is -2.45. The van der Waals surface area contributed by atoms with Crippen LogP contribution in [-0.2, 0) is 4.74 Å². The fraction of sp³-hybridized carbons (Fsp3) is 0.538. The van der Waals surface area contributed by atoms with E-state index in [0.29, 0.717) is 18.7 Å². The van der Waals surface area contributed by atoms with Gasteiger partial charge in [-0.2, -0.15) is 0 Å². The van der Waals surface area contributed by atoms with Gasteiger partial charge < -0.3 is 9.64 Å². The predicted octanol–water partition coefficient (Wildman–Crippen LogP) is 2.43. The largest absolute Gasteiger partial charge is 0.372 e. The summed E-state index contributed by atoms with van der Waals surface area (Å²) in [6.07, 6.45) is -0.288. The average Bonchev–Trinajstić information content (AvgIpc) is 2.36. The summed E-state index contributed by atoms with van der Waals surface area (Å²) in [6.45, 7) is 6.06. The smallest absolute Gasteiger partial charge is 0.299 e. The lowest BCUT2D eigenvalue weighted by atomic mass is 10.1. The molecule has 8 nitrogen and oxygen atoms in total. The van der Waals surface area contributed by atoms with Gasteiger partial charge in [-0.15, -0.1) is 0 Å². The molecule has 1 aliphatic rings. The lowest BCUT2D eigenvalue weighted by Gasteiger charge is -2.36. The van der Waals surface area contributed by atoms with E-state index in [1.807, 2.05) is 13.8 Å². The molecule has 1 aromatic carbocycles. The minimum atomic E-state index is -0.569. The number of nitro groups is 2. The van der Waals surface area contributed by atoms with Gasteiger partial charge in [0.05, 0.1) is 22.1 Å². The molecule has 0 N–H and O–H groups in total. The highest BCUT2D eigenvalue weighted by atomic mass is 16.6. The van der Waals surface area contributed by atoms with Gasteiger partial charge in [0.2, 0.25) is 0 Å².